The molecule has 25 heavy (non-hydrogen) atoms. The Balaban J connectivity index is 0. The molecule has 0 amide bonds. The Morgan fingerprint density at radius 2 is 1.64 bits per heavy atom. The molecule has 0 aliphatic heterocycles. The van der Waals surface area contributed by atoms with Crippen LogP contribution in [0.4, 0.5) is 0 Å². The van der Waals surface area contributed by atoms with Gasteiger partial charge in [-0.15, -0.1) is 0 Å². The number of quaternary nitrogens is 2. The Morgan fingerprint density at radius 3 is 1.84 bits per heavy atom. The van der Waals surface area contributed by atoms with Crippen LogP contribution < -0.4 is 0 Å². The van der Waals surface area contributed by atoms with Gasteiger partial charge in [0.1, 0.15) is 0 Å². The zero-order chi connectivity index (χ0) is 20.6. The van der Waals surface area contributed by atoms with Crippen molar-refractivity contribution in [2.45, 2.75) is 38.8 Å². The van der Waals surface area contributed by atoms with Crippen molar-refractivity contribution in [2.24, 2.45) is 0 Å². The predicted molar refractivity (Wildman–Crippen MR) is 98.5 cm³/mol. The van der Waals surface area contributed by atoms with Gasteiger partial charge in [-0.2, -0.15) is 8.42 Å². The smallest absolute Gasteiger partial charge is 0.359 e. The molecule has 0 aliphatic carbocycles. The first-order valence-electron chi connectivity index (χ1n) is 8.03. The number of rotatable bonds is 9. The van der Waals surface area contributed by atoms with E-state index in [1.807, 2.05) is 28.1 Å². The van der Waals surface area contributed by atoms with Gasteiger partial charge in [0.2, 0.25) is 5.37 Å². The standard InChI is InChI=1S/C11H23NO4S.C5H11NO2/c1-7-11(17(13,14)15)12(5,6)10(4)16-8-9(2)3;1-6(2,3)4-5(7)8/h10-11H,2,7-8H2,1,3-6H3;4H2,1-3H3/p+2. The van der Waals surface area contributed by atoms with Crippen LogP contribution in [-0.4, -0.2) is 93.0 Å². The van der Waals surface area contributed by atoms with Crippen molar-refractivity contribution in [3.63, 3.8) is 0 Å². The van der Waals surface area contributed by atoms with E-state index in [-0.39, 0.29) is 17.3 Å². The van der Waals surface area contributed by atoms with Crippen LogP contribution in [0.3, 0.4) is 0 Å². The van der Waals surface area contributed by atoms with E-state index in [1.165, 1.54) is 0 Å². The number of ether oxygens (including phenoxy) is 1. The van der Waals surface area contributed by atoms with E-state index in [1.54, 1.807) is 27.9 Å². The summed E-state index contributed by atoms with van der Waals surface area (Å²) < 4.78 is 37.9. The molecule has 0 spiro atoms. The van der Waals surface area contributed by atoms with E-state index in [9.17, 15) is 17.8 Å². The average Bonchev–Trinajstić information content (AvgIpc) is 2.31. The fourth-order valence-electron chi connectivity index (χ4n) is 2.12. The molecule has 2 unspecified atom stereocenters. The second-order valence-corrected chi connectivity index (χ2v) is 9.29. The van der Waals surface area contributed by atoms with Crippen molar-refractivity contribution < 1.29 is 36.6 Å². The summed E-state index contributed by atoms with van der Waals surface area (Å²) in [5, 5.41) is 7.35. The fraction of sp³-hybridized carbons (Fsp3) is 0.812. The molecule has 0 aliphatic rings. The molecule has 0 heterocycles. The third kappa shape index (κ3) is 12.1. The molecule has 150 valence electrons. The number of carboxylic acids is 1. The van der Waals surface area contributed by atoms with Gasteiger partial charge in [-0.3, -0.25) is 9.04 Å². The van der Waals surface area contributed by atoms with Crippen LogP contribution in [0.5, 0.6) is 0 Å². The van der Waals surface area contributed by atoms with Crippen molar-refractivity contribution >= 4 is 16.1 Å². The second kappa shape index (κ2) is 10.2. The maximum Gasteiger partial charge on any atom is 0.359 e. The minimum atomic E-state index is -4.09. The molecule has 0 rings (SSSR count). The van der Waals surface area contributed by atoms with E-state index in [4.69, 9.17) is 9.84 Å². The number of carboxylic acid groups (broad SMARTS) is 1. The van der Waals surface area contributed by atoms with Gasteiger partial charge in [0.05, 0.1) is 41.8 Å². The number of aliphatic carboxylic acids is 1. The van der Waals surface area contributed by atoms with E-state index in [2.05, 4.69) is 6.58 Å². The van der Waals surface area contributed by atoms with Crippen molar-refractivity contribution in [1.29, 1.82) is 0 Å². The van der Waals surface area contributed by atoms with Crippen LogP contribution in [0, 0.1) is 0 Å². The summed E-state index contributed by atoms with van der Waals surface area (Å²) in [6.07, 6.45) is -0.0225. The third-order valence-corrected chi connectivity index (χ3v) is 5.12. The highest BCUT2D eigenvalue weighted by molar-refractivity contribution is 7.86. The summed E-state index contributed by atoms with van der Waals surface area (Å²) in [7, 11) is 4.89. The summed E-state index contributed by atoms with van der Waals surface area (Å²) in [4.78, 5) is 10.00. The summed E-state index contributed by atoms with van der Waals surface area (Å²) in [6, 6.07) is 0. The number of carbonyl (C=O) groups is 1. The SMILES string of the molecule is C=C(C)COC(C)[N+](C)(C)C(CC)S(=O)(=O)O.C[N+](C)(C)CC(=O)O. The summed E-state index contributed by atoms with van der Waals surface area (Å²) >= 11 is 0. The number of hydrogen-bond acceptors (Lipinski definition) is 4. The minimum Gasteiger partial charge on any atom is -0.477 e. The van der Waals surface area contributed by atoms with Gasteiger partial charge in [-0.05, 0) is 6.92 Å². The van der Waals surface area contributed by atoms with Gasteiger partial charge >= 0.3 is 16.1 Å². The Kier molecular flexibility index (Phi) is 10.7. The Hall–Kier alpha value is -1.00. The van der Waals surface area contributed by atoms with E-state index in [0.717, 1.165) is 5.57 Å². The topological polar surface area (TPSA) is 101 Å². The van der Waals surface area contributed by atoms with Crippen molar-refractivity contribution in [3.8, 4) is 0 Å². The van der Waals surface area contributed by atoms with E-state index >= 15 is 0 Å². The number of hydrogen-bond donors (Lipinski definition) is 2. The first kappa shape index (κ1) is 26.2. The molecule has 2 N–H and O–H groups in total. The highest BCUT2D eigenvalue weighted by Crippen LogP contribution is 2.21. The molecule has 0 bridgehead atoms. The molecule has 0 aromatic heterocycles. The van der Waals surface area contributed by atoms with E-state index in [0.29, 0.717) is 17.5 Å². The average molecular weight is 385 g/mol. The van der Waals surface area contributed by atoms with Crippen LogP contribution >= 0.6 is 0 Å². The van der Waals surface area contributed by atoms with Crippen molar-refractivity contribution in [3.05, 3.63) is 12.2 Å². The summed E-state index contributed by atoms with van der Waals surface area (Å²) in [6.45, 7) is 9.64. The van der Waals surface area contributed by atoms with E-state index < -0.39 is 21.5 Å². The fourth-order valence-corrected chi connectivity index (χ4v) is 3.40. The van der Waals surface area contributed by atoms with Crippen LogP contribution in [0.1, 0.15) is 27.2 Å². The largest absolute Gasteiger partial charge is 0.477 e. The number of nitrogens with zero attached hydrogens (tertiary/aromatic N) is 2. The highest BCUT2D eigenvalue weighted by Gasteiger charge is 2.41. The van der Waals surface area contributed by atoms with Crippen LogP contribution in [0.25, 0.3) is 0 Å². The van der Waals surface area contributed by atoms with Crippen molar-refractivity contribution in [2.75, 3.05) is 48.4 Å². The zero-order valence-corrected chi connectivity index (χ0v) is 17.6. The zero-order valence-electron chi connectivity index (χ0n) is 16.8. The molecule has 0 fully saturated rings. The Bertz CT molecular complexity index is 537. The molecular formula is C16H36N2O6S+2. The predicted octanol–water partition coefficient (Wildman–Crippen LogP) is 1.40. The quantitative estimate of drug-likeness (QED) is 0.270. The van der Waals surface area contributed by atoms with Gasteiger partial charge in [0.15, 0.2) is 12.8 Å². The first-order chi connectivity index (χ1) is 10.9. The maximum atomic E-state index is 11.3. The molecule has 0 aromatic rings. The second-order valence-electron chi connectivity index (χ2n) is 7.72. The van der Waals surface area contributed by atoms with Gasteiger partial charge in [0, 0.05) is 13.3 Å². The van der Waals surface area contributed by atoms with Gasteiger partial charge < -0.3 is 14.3 Å². The molecule has 0 saturated heterocycles. The van der Waals surface area contributed by atoms with Gasteiger partial charge in [-0.25, -0.2) is 4.79 Å². The Morgan fingerprint density at radius 1 is 1.20 bits per heavy atom. The lowest BCUT2D eigenvalue weighted by Gasteiger charge is -2.40. The van der Waals surface area contributed by atoms with Crippen LogP contribution in [0.15, 0.2) is 12.2 Å². The van der Waals surface area contributed by atoms with Crippen LogP contribution in [-0.2, 0) is 19.6 Å². The summed E-state index contributed by atoms with van der Waals surface area (Å²) in [5.74, 6) is -0.752. The van der Waals surface area contributed by atoms with Crippen LogP contribution in [0.2, 0.25) is 0 Å². The maximum absolute atomic E-state index is 11.3. The molecule has 8 nitrogen and oxygen atoms in total. The Labute approximate surface area is 152 Å². The molecular weight excluding hydrogens is 348 g/mol. The molecule has 0 aromatic carbocycles. The molecule has 2 atom stereocenters. The van der Waals surface area contributed by atoms with Gasteiger partial charge in [-0.1, -0.05) is 19.1 Å². The van der Waals surface area contributed by atoms with Gasteiger partial charge in [0.25, 0.3) is 0 Å². The lowest BCUT2D eigenvalue weighted by Crippen LogP contribution is -2.58. The lowest BCUT2D eigenvalue weighted by molar-refractivity contribution is -0.945. The number of likely N-dealkylation sites (N-methyl/N-ethyl adjacent to an activating group) is 1. The highest BCUT2D eigenvalue weighted by atomic mass is 32.2. The lowest BCUT2D eigenvalue weighted by atomic mass is 10.3. The monoisotopic (exact) mass is 384 g/mol. The normalized spacial score (nSPS) is 14.9. The van der Waals surface area contributed by atoms with Crippen molar-refractivity contribution in [1.82, 2.24) is 0 Å². The minimum absolute atomic E-state index is 0.0581. The third-order valence-electron chi connectivity index (χ3n) is 3.55. The molecule has 9 heteroatoms. The summed E-state index contributed by atoms with van der Waals surface area (Å²) in [5.41, 5.74) is 0.872. The molecule has 0 saturated carbocycles. The first-order valence-corrected chi connectivity index (χ1v) is 9.53. The molecule has 0 radical (unpaired) electrons.